The highest BCUT2D eigenvalue weighted by Crippen LogP contribution is 2.37. The van der Waals surface area contributed by atoms with Crippen molar-refractivity contribution in [2.45, 2.75) is 25.8 Å². The number of carbonyl (C=O) groups is 1. The third-order valence-corrected chi connectivity index (χ3v) is 5.31. The molecule has 1 aliphatic heterocycles. The van der Waals surface area contributed by atoms with Crippen LogP contribution in [-0.4, -0.2) is 17.4 Å². The monoisotopic (exact) mass is 320 g/mol. The molecule has 1 amide bonds. The number of hydrogen-bond acceptors (Lipinski definition) is 3. The summed E-state index contributed by atoms with van der Waals surface area (Å²) in [5.74, 6) is -0.0678. The van der Waals surface area contributed by atoms with Crippen LogP contribution in [0.2, 0.25) is 5.02 Å². The molecule has 2 heterocycles. The average molecular weight is 321 g/mol. The lowest BCUT2D eigenvalue weighted by atomic mass is 9.96. The molecule has 0 fully saturated rings. The van der Waals surface area contributed by atoms with Crippen LogP contribution >= 0.6 is 22.9 Å². The normalized spacial score (nSPS) is 17.6. The summed E-state index contributed by atoms with van der Waals surface area (Å²) in [6.45, 7) is 2.82. The predicted molar refractivity (Wildman–Crippen MR) is 88.0 cm³/mol. The van der Waals surface area contributed by atoms with E-state index < -0.39 is 0 Å². The molecule has 0 radical (unpaired) electrons. The Kier molecular flexibility index (Phi) is 3.91. The van der Waals surface area contributed by atoms with Gasteiger partial charge in [0, 0.05) is 17.1 Å². The molecule has 1 aliphatic rings. The van der Waals surface area contributed by atoms with Gasteiger partial charge in [0.1, 0.15) is 0 Å². The summed E-state index contributed by atoms with van der Waals surface area (Å²) in [5, 5.41) is 2.52. The molecule has 1 aromatic heterocycles. The molecule has 21 heavy (non-hydrogen) atoms. The van der Waals surface area contributed by atoms with Crippen LogP contribution in [0.5, 0.6) is 0 Å². The smallest absolute Gasteiger partial charge is 0.257 e. The zero-order valence-electron chi connectivity index (χ0n) is 11.8. The van der Waals surface area contributed by atoms with Gasteiger partial charge >= 0.3 is 0 Å². The molecule has 0 aliphatic carbocycles. The molecule has 1 aromatic carbocycles. The predicted octanol–water partition coefficient (Wildman–Crippen LogP) is 4.13. The fourth-order valence-electron chi connectivity index (χ4n) is 2.99. The first-order chi connectivity index (χ1) is 10.1. The van der Waals surface area contributed by atoms with Crippen LogP contribution in [0.3, 0.4) is 0 Å². The number of carbonyl (C=O) groups excluding carboxylic acids is 1. The molecule has 5 heteroatoms. The van der Waals surface area contributed by atoms with Crippen molar-refractivity contribution in [1.29, 1.82) is 0 Å². The highest BCUT2D eigenvalue weighted by molar-refractivity contribution is 7.10. The zero-order valence-corrected chi connectivity index (χ0v) is 13.4. The molecule has 0 spiro atoms. The number of anilines is 1. The maximum atomic E-state index is 12.9. The van der Waals surface area contributed by atoms with Gasteiger partial charge in [-0.05, 0) is 42.0 Å². The Morgan fingerprint density at radius 1 is 1.48 bits per heavy atom. The number of hydrogen-bond donors (Lipinski definition) is 1. The minimum atomic E-state index is -0.0678. The van der Waals surface area contributed by atoms with Crippen LogP contribution in [0.1, 0.15) is 40.2 Å². The van der Waals surface area contributed by atoms with Crippen molar-refractivity contribution in [2.75, 3.05) is 12.3 Å². The highest BCUT2D eigenvalue weighted by atomic mass is 35.5. The van der Waals surface area contributed by atoms with E-state index in [0.29, 0.717) is 16.3 Å². The highest BCUT2D eigenvalue weighted by Gasteiger charge is 2.32. The van der Waals surface area contributed by atoms with Crippen molar-refractivity contribution in [1.82, 2.24) is 4.90 Å². The molecule has 1 atom stereocenters. The van der Waals surface area contributed by atoms with Crippen LogP contribution in [0.15, 0.2) is 29.6 Å². The van der Waals surface area contributed by atoms with Gasteiger partial charge in [0.25, 0.3) is 5.91 Å². The van der Waals surface area contributed by atoms with Gasteiger partial charge in [-0.1, -0.05) is 24.6 Å². The SMILES string of the molecule is CCC1c2ccsc2CCN1C(=O)c1c(N)cccc1Cl. The number of benzene rings is 1. The minimum absolute atomic E-state index is 0.0678. The summed E-state index contributed by atoms with van der Waals surface area (Å²) in [5.41, 5.74) is 8.10. The maximum Gasteiger partial charge on any atom is 0.257 e. The molecule has 3 nitrogen and oxygen atoms in total. The standard InChI is InChI=1S/C16H17ClN2OS/c1-2-13-10-7-9-21-14(10)6-8-19(13)16(20)15-11(17)4-3-5-12(15)18/h3-5,7,9,13H,2,6,8,18H2,1H3. The van der Waals surface area contributed by atoms with Gasteiger partial charge in [0.05, 0.1) is 16.6 Å². The minimum Gasteiger partial charge on any atom is -0.398 e. The first-order valence-electron chi connectivity index (χ1n) is 7.04. The second-order valence-electron chi connectivity index (χ2n) is 5.18. The summed E-state index contributed by atoms with van der Waals surface area (Å²) in [7, 11) is 0. The van der Waals surface area contributed by atoms with E-state index in [-0.39, 0.29) is 11.9 Å². The second kappa shape index (κ2) is 5.70. The molecule has 2 aromatic rings. The Labute approximate surface area is 133 Å². The lowest BCUT2D eigenvalue weighted by molar-refractivity contribution is 0.0659. The number of nitrogens with two attached hydrogens (primary N) is 1. The van der Waals surface area contributed by atoms with E-state index in [0.717, 1.165) is 19.4 Å². The van der Waals surface area contributed by atoms with E-state index >= 15 is 0 Å². The topological polar surface area (TPSA) is 46.3 Å². The fraction of sp³-hybridized carbons (Fsp3) is 0.312. The zero-order chi connectivity index (χ0) is 15.0. The van der Waals surface area contributed by atoms with Crippen LogP contribution in [0.25, 0.3) is 0 Å². The Hall–Kier alpha value is -1.52. The van der Waals surface area contributed by atoms with Gasteiger partial charge in [-0.15, -0.1) is 11.3 Å². The third kappa shape index (κ3) is 2.43. The van der Waals surface area contributed by atoms with Crippen molar-refractivity contribution in [3.63, 3.8) is 0 Å². The molecule has 110 valence electrons. The first kappa shape index (κ1) is 14.4. The van der Waals surface area contributed by atoms with Crippen molar-refractivity contribution >= 4 is 34.5 Å². The van der Waals surface area contributed by atoms with E-state index in [1.807, 2.05) is 4.90 Å². The second-order valence-corrected chi connectivity index (χ2v) is 6.58. The van der Waals surface area contributed by atoms with Crippen molar-refractivity contribution < 1.29 is 4.79 Å². The number of nitrogens with zero attached hydrogens (tertiary/aromatic N) is 1. The van der Waals surface area contributed by atoms with Gasteiger partial charge in [-0.2, -0.15) is 0 Å². The van der Waals surface area contributed by atoms with Gasteiger partial charge in [-0.3, -0.25) is 4.79 Å². The molecule has 2 N–H and O–H groups in total. The quantitative estimate of drug-likeness (QED) is 0.845. The van der Waals surface area contributed by atoms with E-state index in [9.17, 15) is 4.79 Å². The summed E-state index contributed by atoms with van der Waals surface area (Å²) in [6, 6.07) is 7.44. The molecule has 3 rings (SSSR count). The molecule has 0 saturated carbocycles. The van der Waals surface area contributed by atoms with E-state index in [1.165, 1.54) is 10.4 Å². The molecule has 0 saturated heterocycles. The Bertz CT molecular complexity index is 662. The third-order valence-electron chi connectivity index (χ3n) is 4.00. The first-order valence-corrected chi connectivity index (χ1v) is 8.30. The number of nitrogen functional groups attached to an aromatic ring is 1. The summed E-state index contributed by atoms with van der Waals surface area (Å²) >= 11 is 7.96. The number of halogens is 1. The van der Waals surface area contributed by atoms with Crippen LogP contribution < -0.4 is 5.73 Å². The molecular weight excluding hydrogens is 304 g/mol. The average Bonchev–Trinajstić information content (AvgIpc) is 2.94. The number of rotatable bonds is 2. The van der Waals surface area contributed by atoms with E-state index in [2.05, 4.69) is 18.4 Å². The lowest BCUT2D eigenvalue weighted by Crippen LogP contribution is -2.39. The lowest BCUT2D eigenvalue weighted by Gasteiger charge is -2.36. The summed E-state index contributed by atoms with van der Waals surface area (Å²) < 4.78 is 0. The molecule has 1 unspecified atom stereocenters. The Balaban J connectivity index is 1.99. The molecule has 0 bridgehead atoms. The molecular formula is C16H17ClN2OS. The number of fused-ring (bicyclic) bond motifs is 1. The van der Waals surface area contributed by atoms with Crippen LogP contribution in [0.4, 0.5) is 5.69 Å². The Morgan fingerprint density at radius 3 is 3.00 bits per heavy atom. The Morgan fingerprint density at radius 2 is 2.29 bits per heavy atom. The fourth-order valence-corrected chi connectivity index (χ4v) is 4.18. The van der Waals surface area contributed by atoms with Gasteiger partial charge in [0.2, 0.25) is 0 Å². The number of thiophene rings is 1. The number of amides is 1. The largest absolute Gasteiger partial charge is 0.398 e. The van der Waals surface area contributed by atoms with Crippen molar-refractivity contribution in [3.05, 3.63) is 50.7 Å². The van der Waals surface area contributed by atoms with Crippen molar-refractivity contribution in [3.8, 4) is 0 Å². The van der Waals surface area contributed by atoms with Crippen LogP contribution in [-0.2, 0) is 6.42 Å². The van der Waals surface area contributed by atoms with Crippen molar-refractivity contribution in [2.24, 2.45) is 0 Å². The van der Waals surface area contributed by atoms with E-state index in [4.69, 9.17) is 17.3 Å². The summed E-state index contributed by atoms with van der Waals surface area (Å²) in [4.78, 5) is 16.2. The van der Waals surface area contributed by atoms with E-state index in [1.54, 1.807) is 29.5 Å². The van der Waals surface area contributed by atoms with Gasteiger partial charge in [0.15, 0.2) is 0 Å². The summed E-state index contributed by atoms with van der Waals surface area (Å²) in [6.07, 6.45) is 1.79. The van der Waals surface area contributed by atoms with Gasteiger partial charge < -0.3 is 10.6 Å². The van der Waals surface area contributed by atoms with Gasteiger partial charge in [-0.25, -0.2) is 0 Å². The maximum absolute atomic E-state index is 12.9. The van der Waals surface area contributed by atoms with Crippen LogP contribution in [0, 0.1) is 0 Å².